The molecule has 0 aliphatic heterocycles. The summed E-state index contributed by atoms with van der Waals surface area (Å²) in [5, 5.41) is 16.1. The van der Waals surface area contributed by atoms with Crippen LogP contribution in [0.3, 0.4) is 0 Å². The summed E-state index contributed by atoms with van der Waals surface area (Å²) in [7, 11) is 1.44. The minimum atomic E-state index is -0.385. The van der Waals surface area contributed by atoms with E-state index in [-0.39, 0.29) is 30.4 Å². The molecule has 0 fully saturated rings. The summed E-state index contributed by atoms with van der Waals surface area (Å²) in [4.78, 5) is 23.7. The molecule has 28 heavy (non-hydrogen) atoms. The highest BCUT2D eigenvalue weighted by Crippen LogP contribution is 2.25. The van der Waals surface area contributed by atoms with E-state index in [4.69, 9.17) is 9.47 Å². The first-order chi connectivity index (χ1) is 13.5. The first-order valence-electron chi connectivity index (χ1n) is 8.73. The van der Waals surface area contributed by atoms with Crippen LogP contribution in [0.25, 0.3) is 0 Å². The predicted molar refractivity (Wildman–Crippen MR) is 106 cm³/mol. The van der Waals surface area contributed by atoms with Crippen LogP contribution in [0.4, 0.5) is 5.69 Å². The average molecular weight is 385 g/mol. The zero-order valence-electron chi connectivity index (χ0n) is 15.8. The number of nitrogens with one attached hydrogen (secondary N) is 2. The lowest BCUT2D eigenvalue weighted by atomic mass is 10.2. The van der Waals surface area contributed by atoms with E-state index in [0.717, 1.165) is 5.75 Å². The maximum Gasteiger partial charge on any atom is 0.240 e. The average Bonchev–Trinajstić information content (AvgIpc) is 2.69. The van der Waals surface area contributed by atoms with E-state index in [2.05, 4.69) is 15.8 Å². The van der Waals surface area contributed by atoms with Gasteiger partial charge in [0.1, 0.15) is 5.75 Å². The van der Waals surface area contributed by atoms with E-state index < -0.39 is 0 Å². The summed E-state index contributed by atoms with van der Waals surface area (Å²) in [5.74, 6) is 0.392. The van der Waals surface area contributed by atoms with Crippen molar-refractivity contribution in [3.05, 3.63) is 48.0 Å². The van der Waals surface area contributed by atoms with Crippen molar-refractivity contribution < 1.29 is 24.2 Å². The predicted octanol–water partition coefficient (Wildman–Crippen LogP) is 2.67. The summed E-state index contributed by atoms with van der Waals surface area (Å²) < 4.78 is 10.3. The molecule has 0 unspecified atom stereocenters. The highest BCUT2D eigenvalue weighted by atomic mass is 16.5. The maximum atomic E-state index is 11.9. The summed E-state index contributed by atoms with van der Waals surface area (Å²) >= 11 is 0. The third kappa shape index (κ3) is 6.64. The number of phenolic OH excluding ortho intramolecular Hbond substituents is 1. The molecule has 0 atom stereocenters. The van der Waals surface area contributed by atoms with Crippen LogP contribution in [0.15, 0.2) is 47.6 Å². The SMILES string of the molecule is CCOc1ccc(NC(=O)CCC(=O)N/N=C/c2ccc(O)c(OC)c2)cc1. The topological polar surface area (TPSA) is 109 Å². The minimum Gasteiger partial charge on any atom is -0.504 e. The third-order valence-electron chi connectivity index (χ3n) is 3.63. The maximum absolute atomic E-state index is 11.9. The minimum absolute atomic E-state index is 0.000891. The van der Waals surface area contributed by atoms with Gasteiger partial charge in [0.15, 0.2) is 11.5 Å². The van der Waals surface area contributed by atoms with Gasteiger partial charge >= 0.3 is 0 Å². The summed E-state index contributed by atoms with van der Waals surface area (Å²) in [5.41, 5.74) is 3.63. The van der Waals surface area contributed by atoms with E-state index >= 15 is 0 Å². The number of aromatic hydroxyl groups is 1. The fourth-order valence-corrected chi connectivity index (χ4v) is 2.26. The largest absolute Gasteiger partial charge is 0.504 e. The first kappa shape index (κ1) is 20.8. The second-order valence-electron chi connectivity index (χ2n) is 5.73. The molecule has 3 N–H and O–H groups in total. The van der Waals surface area contributed by atoms with Gasteiger partial charge in [-0.05, 0) is 55.0 Å². The molecule has 0 heterocycles. The molecule has 8 heteroatoms. The smallest absolute Gasteiger partial charge is 0.240 e. The molecule has 0 spiro atoms. The molecule has 0 saturated heterocycles. The van der Waals surface area contributed by atoms with Crippen molar-refractivity contribution in [3.8, 4) is 17.2 Å². The van der Waals surface area contributed by atoms with Gasteiger partial charge in [-0.1, -0.05) is 0 Å². The number of hydrogen-bond donors (Lipinski definition) is 3. The van der Waals surface area contributed by atoms with Crippen molar-refractivity contribution in [1.82, 2.24) is 5.43 Å². The first-order valence-corrected chi connectivity index (χ1v) is 8.73. The normalized spacial score (nSPS) is 10.5. The molecule has 2 rings (SSSR count). The van der Waals surface area contributed by atoms with Gasteiger partial charge in [0.25, 0.3) is 0 Å². The molecule has 2 aromatic rings. The summed E-state index contributed by atoms with van der Waals surface area (Å²) in [6.07, 6.45) is 1.44. The number of amides is 2. The number of nitrogens with zero attached hydrogens (tertiary/aromatic N) is 1. The van der Waals surface area contributed by atoms with E-state index in [1.807, 2.05) is 6.92 Å². The van der Waals surface area contributed by atoms with Gasteiger partial charge in [-0.3, -0.25) is 9.59 Å². The molecule has 0 aliphatic carbocycles. The summed E-state index contributed by atoms with van der Waals surface area (Å²) in [6.45, 7) is 2.47. The van der Waals surface area contributed by atoms with E-state index in [1.54, 1.807) is 36.4 Å². The Kier molecular flexibility index (Phi) is 7.83. The number of methoxy groups -OCH3 is 1. The molecule has 0 aromatic heterocycles. The lowest BCUT2D eigenvalue weighted by Gasteiger charge is -2.07. The number of phenols is 1. The second-order valence-corrected chi connectivity index (χ2v) is 5.73. The van der Waals surface area contributed by atoms with Gasteiger partial charge in [-0.15, -0.1) is 0 Å². The lowest BCUT2D eigenvalue weighted by Crippen LogP contribution is -2.20. The van der Waals surface area contributed by atoms with Crippen LogP contribution in [0.2, 0.25) is 0 Å². The number of anilines is 1. The van der Waals surface area contributed by atoms with Crippen molar-refractivity contribution in [1.29, 1.82) is 0 Å². The number of rotatable bonds is 9. The standard InChI is InChI=1S/C20H23N3O5/c1-3-28-16-7-5-15(6-8-16)22-19(25)10-11-20(26)23-21-13-14-4-9-17(24)18(12-14)27-2/h4-9,12-13,24H,3,10-11H2,1-2H3,(H,22,25)(H,23,26)/b21-13+. The Morgan fingerprint density at radius 3 is 2.50 bits per heavy atom. The number of carbonyl (C=O) groups excluding carboxylic acids is 2. The van der Waals surface area contributed by atoms with Crippen molar-refractivity contribution in [2.24, 2.45) is 5.10 Å². The zero-order valence-corrected chi connectivity index (χ0v) is 15.8. The molecule has 8 nitrogen and oxygen atoms in total. The highest BCUT2D eigenvalue weighted by molar-refractivity contribution is 5.93. The van der Waals surface area contributed by atoms with Gasteiger partial charge in [0.05, 0.1) is 19.9 Å². The molecule has 0 aliphatic rings. The van der Waals surface area contributed by atoms with E-state index in [0.29, 0.717) is 23.6 Å². The zero-order chi connectivity index (χ0) is 20.4. The van der Waals surface area contributed by atoms with Crippen LogP contribution in [0, 0.1) is 0 Å². The molecular formula is C20H23N3O5. The molecule has 2 aromatic carbocycles. The second kappa shape index (κ2) is 10.6. The van der Waals surface area contributed by atoms with Crippen LogP contribution >= 0.6 is 0 Å². The highest BCUT2D eigenvalue weighted by Gasteiger charge is 2.07. The Morgan fingerprint density at radius 2 is 1.82 bits per heavy atom. The Morgan fingerprint density at radius 1 is 1.11 bits per heavy atom. The van der Waals surface area contributed by atoms with Crippen LogP contribution < -0.4 is 20.2 Å². The van der Waals surface area contributed by atoms with Crippen LogP contribution in [0.5, 0.6) is 17.2 Å². The van der Waals surface area contributed by atoms with Gasteiger partial charge in [-0.25, -0.2) is 5.43 Å². The monoisotopic (exact) mass is 385 g/mol. The lowest BCUT2D eigenvalue weighted by molar-refractivity contribution is -0.124. The van der Waals surface area contributed by atoms with Gasteiger partial charge in [0.2, 0.25) is 11.8 Å². The molecule has 0 saturated carbocycles. The Hall–Kier alpha value is -3.55. The molecule has 148 valence electrons. The molecule has 0 radical (unpaired) electrons. The van der Waals surface area contributed by atoms with Crippen molar-refractivity contribution in [2.75, 3.05) is 19.0 Å². The van der Waals surface area contributed by atoms with E-state index in [9.17, 15) is 14.7 Å². The molecule has 0 bridgehead atoms. The van der Waals surface area contributed by atoms with Crippen LogP contribution in [0.1, 0.15) is 25.3 Å². The fraction of sp³-hybridized carbons (Fsp3) is 0.250. The van der Waals surface area contributed by atoms with Gasteiger partial charge in [0, 0.05) is 18.5 Å². The Balaban J connectivity index is 1.74. The summed E-state index contributed by atoms with van der Waals surface area (Å²) in [6, 6.07) is 11.7. The van der Waals surface area contributed by atoms with Crippen molar-refractivity contribution >= 4 is 23.7 Å². The third-order valence-corrected chi connectivity index (χ3v) is 3.63. The number of hydrogen-bond acceptors (Lipinski definition) is 6. The quantitative estimate of drug-likeness (QED) is 0.454. The Bertz CT molecular complexity index is 834. The number of carbonyl (C=O) groups is 2. The molecular weight excluding hydrogens is 362 g/mol. The number of hydrazone groups is 1. The van der Waals surface area contributed by atoms with Crippen LogP contribution in [-0.4, -0.2) is 36.9 Å². The van der Waals surface area contributed by atoms with E-state index in [1.165, 1.54) is 19.4 Å². The van der Waals surface area contributed by atoms with Crippen molar-refractivity contribution in [3.63, 3.8) is 0 Å². The number of ether oxygens (including phenoxy) is 2. The van der Waals surface area contributed by atoms with Crippen molar-refractivity contribution in [2.45, 2.75) is 19.8 Å². The van der Waals surface area contributed by atoms with Crippen LogP contribution in [-0.2, 0) is 9.59 Å². The van der Waals surface area contributed by atoms with Gasteiger partial charge < -0.3 is 19.9 Å². The number of benzene rings is 2. The van der Waals surface area contributed by atoms with Gasteiger partial charge in [-0.2, -0.15) is 5.10 Å². The molecule has 2 amide bonds. The Labute approximate surface area is 163 Å². The fourth-order valence-electron chi connectivity index (χ4n) is 2.26.